The fraction of sp³-hybridized carbons (Fsp3) is 1.00. The van der Waals surface area contributed by atoms with Crippen molar-refractivity contribution in [2.45, 2.75) is 45.6 Å². The molecule has 0 aromatic rings. The largest absolute Gasteiger partial charge is 0.301 e. The number of hydrogen-bond donors (Lipinski definition) is 1. The van der Waals surface area contributed by atoms with Crippen molar-refractivity contribution < 1.29 is 8.42 Å². The Morgan fingerprint density at radius 2 is 2.00 bits per heavy atom. The van der Waals surface area contributed by atoms with Gasteiger partial charge >= 0.3 is 0 Å². The van der Waals surface area contributed by atoms with Gasteiger partial charge in [-0.05, 0) is 25.3 Å². The number of sulfonamides is 1. The summed E-state index contributed by atoms with van der Waals surface area (Å²) in [5.41, 5.74) is 0. The summed E-state index contributed by atoms with van der Waals surface area (Å²) >= 11 is 0. The van der Waals surface area contributed by atoms with Gasteiger partial charge in [-0.2, -0.15) is 0 Å². The first kappa shape index (κ1) is 14.9. The third-order valence-electron chi connectivity index (χ3n) is 3.56. The molecule has 5 heteroatoms. The lowest BCUT2D eigenvalue weighted by atomic mass is 10.00. The van der Waals surface area contributed by atoms with Gasteiger partial charge in [0.1, 0.15) is 0 Å². The van der Waals surface area contributed by atoms with Gasteiger partial charge < -0.3 is 4.90 Å². The molecule has 0 saturated carbocycles. The van der Waals surface area contributed by atoms with Gasteiger partial charge in [0.2, 0.25) is 10.0 Å². The molecule has 0 radical (unpaired) electrons. The highest BCUT2D eigenvalue weighted by atomic mass is 32.2. The maximum atomic E-state index is 11.2. The number of likely N-dealkylation sites (tertiary alicyclic amines) is 1. The smallest absolute Gasteiger partial charge is 0.208 e. The lowest BCUT2D eigenvalue weighted by Crippen LogP contribution is -2.48. The molecule has 0 amide bonds. The van der Waals surface area contributed by atoms with Crippen LogP contribution in [0.2, 0.25) is 0 Å². The lowest BCUT2D eigenvalue weighted by Gasteiger charge is -2.34. The Labute approximate surface area is 106 Å². The number of nitrogens with zero attached hydrogens (tertiary/aromatic N) is 1. The highest BCUT2D eigenvalue weighted by Gasteiger charge is 2.23. The first-order valence-corrected chi connectivity index (χ1v) is 8.53. The Morgan fingerprint density at radius 1 is 1.35 bits per heavy atom. The Bertz CT molecular complexity index is 312. The summed E-state index contributed by atoms with van der Waals surface area (Å²) in [6.45, 7) is 7.53. The van der Waals surface area contributed by atoms with Crippen LogP contribution in [0.15, 0.2) is 0 Å². The van der Waals surface area contributed by atoms with Gasteiger partial charge in [-0.1, -0.05) is 26.7 Å². The molecule has 102 valence electrons. The second-order valence-corrected chi connectivity index (χ2v) is 6.95. The fourth-order valence-corrected chi connectivity index (χ4v) is 3.33. The highest BCUT2D eigenvalue weighted by Crippen LogP contribution is 2.15. The van der Waals surface area contributed by atoms with Crippen LogP contribution < -0.4 is 4.72 Å². The van der Waals surface area contributed by atoms with Crippen LogP contribution in [0.1, 0.15) is 39.5 Å². The summed E-state index contributed by atoms with van der Waals surface area (Å²) in [6.07, 6.45) is 5.71. The average molecular weight is 262 g/mol. The molecule has 1 saturated heterocycles. The van der Waals surface area contributed by atoms with Gasteiger partial charge in [0.25, 0.3) is 0 Å². The van der Waals surface area contributed by atoms with Crippen molar-refractivity contribution in [2.75, 3.05) is 25.9 Å². The minimum absolute atomic E-state index is 0.105. The number of piperidine rings is 1. The van der Waals surface area contributed by atoms with Crippen molar-refractivity contribution in [3.63, 3.8) is 0 Å². The van der Waals surface area contributed by atoms with Gasteiger partial charge in [-0.15, -0.1) is 0 Å². The molecule has 1 heterocycles. The first-order valence-electron chi connectivity index (χ1n) is 6.64. The predicted molar refractivity (Wildman–Crippen MR) is 71.5 cm³/mol. The van der Waals surface area contributed by atoms with E-state index in [1.54, 1.807) is 0 Å². The molecule has 0 aliphatic carbocycles. The molecule has 0 bridgehead atoms. The molecule has 1 rings (SSSR count). The number of nitrogens with one attached hydrogen (secondary N) is 1. The van der Waals surface area contributed by atoms with E-state index in [0.29, 0.717) is 0 Å². The average Bonchev–Trinajstić information content (AvgIpc) is 2.24. The fourth-order valence-electron chi connectivity index (χ4n) is 2.53. The van der Waals surface area contributed by atoms with Crippen LogP contribution in [-0.2, 0) is 10.0 Å². The molecule has 0 spiro atoms. The van der Waals surface area contributed by atoms with E-state index in [4.69, 9.17) is 0 Å². The van der Waals surface area contributed by atoms with Crippen molar-refractivity contribution in [2.24, 2.45) is 5.92 Å². The minimum atomic E-state index is -3.06. The second-order valence-electron chi connectivity index (χ2n) is 5.17. The van der Waals surface area contributed by atoms with Crippen LogP contribution >= 0.6 is 0 Å². The molecule has 1 unspecified atom stereocenters. The summed E-state index contributed by atoms with van der Waals surface area (Å²) in [7, 11) is -3.06. The molecule has 1 atom stereocenters. The van der Waals surface area contributed by atoms with Crippen molar-refractivity contribution in [1.82, 2.24) is 9.62 Å². The summed E-state index contributed by atoms with van der Waals surface area (Å²) in [5, 5.41) is 0. The van der Waals surface area contributed by atoms with Crippen LogP contribution in [-0.4, -0.2) is 45.2 Å². The lowest BCUT2D eigenvalue weighted by molar-refractivity contribution is 0.170. The molecule has 1 aliphatic rings. The van der Waals surface area contributed by atoms with Gasteiger partial charge in [-0.25, -0.2) is 13.1 Å². The molecule has 0 aromatic heterocycles. The van der Waals surface area contributed by atoms with Crippen LogP contribution in [0, 0.1) is 5.92 Å². The van der Waals surface area contributed by atoms with Crippen molar-refractivity contribution in [1.29, 1.82) is 0 Å². The summed E-state index contributed by atoms with van der Waals surface area (Å²) in [5.74, 6) is 0.743. The van der Waals surface area contributed by atoms with Crippen molar-refractivity contribution in [3.8, 4) is 0 Å². The van der Waals surface area contributed by atoms with E-state index in [0.717, 1.165) is 38.4 Å². The zero-order valence-electron chi connectivity index (χ0n) is 11.3. The van der Waals surface area contributed by atoms with E-state index in [1.165, 1.54) is 19.1 Å². The Balaban J connectivity index is 2.43. The molecule has 1 N–H and O–H groups in total. The van der Waals surface area contributed by atoms with Crippen LogP contribution in [0.3, 0.4) is 0 Å². The van der Waals surface area contributed by atoms with Gasteiger partial charge in [0.05, 0.1) is 6.26 Å². The van der Waals surface area contributed by atoms with E-state index in [1.807, 2.05) is 0 Å². The van der Waals surface area contributed by atoms with E-state index >= 15 is 0 Å². The Morgan fingerprint density at radius 3 is 2.53 bits per heavy atom. The molecular weight excluding hydrogens is 236 g/mol. The van der Waals surface area contributed by atoms with Gasteiger partial charge in [0, 0.05) is 19.1 Å². The normalized spacial score (nSPS) is 23.2. The number of hydrogen-bond acceptors (Lipinski definition) is 3. The van der Waals surface area contributed by atoms with E-state index in [2.05, 4.69) is 23.5 Å². The molecule has 1 aliphatic heterocycles. The van der Waals surface area contributed by atoms with Gasteiger partial charge in [0.15, 0.2) is 0 Å². The first-order chi connectivity index (χ1) is 7.94. The zero-order valence-corrected chi connectivity index (χ0v) is 12.1. The molecular formula is C12H26N2O2S. The standard InChI is InChI=1S/C12H26N2O2S/c1-4-11(5-2)9-14-8-6-7-12(10-14)13-17(3,15)16/h11-13H,4-10H2,1-3H3. The van der Waals surface area contributed by atoms with Gasteiger partial charge in [-0.3, -0.25) is 0 Å². The Kier molecular flexibility index (Phi) is 5.89. The van der Waals surface area contributed by atoms with Crippen molar-refractivity contribution in [3.05, 3.63) is 0 Å². The highest BCUT2D eigenvalue weighted by molar-refractivity contribution is 7.88. The zero-order chi connectivity index (χ0) is 12.9. The van der Waals surface area contributed by atoms with Crippen LogP contribution in [0.4, 0.5) is 0 Å². The molecule has 17 heavy (non-hydrogen) atoms. The molecule has 1 fully saturated rings. The van der Waals surface area contributed by atoms with Crippen molar-refractivity contribution >= 4 is 10.0 Å². The maximum absolute atomic E-state index is 11.2. The summed E-state index contributed by atoms with van der Waals surface area (Å²) < 4.78 is 25.1. The van der Waals surface area contributed by atoms with E-state index in [9.17, 15) is 8.42 Å². The number of rotatable bonds is 6. The Hall–Kier alpha value is -0.130. The predicted octanol–water partition coefficient (Wildman–Crippen LogP) is 1.44. The third-order valence-corrected chi connectivity index (χ3v) is 4.32. The van der Waals surface area contributed by atoms with Crippen LogP contribution in [0.25, 0.3) is 0 Å². The van der Waals surface area contributed by atoms with E-state index in [-0.39, 0.29) is 6.04 Å². The topological polar surface area (TPSA) is 49.4 Å². The van der Waals surface area contributed by atoms with E-state index < -0.39 is 10.0 Å². The molecule has 0 aromatic carbocycles. The molecule has 4 nitrogen and oxygen atoms in total. The quantitative estimate of drug-likeness (QED) is 0.788. The summed E-state index contributed by atoms with van der Waals surface area (Å²) in [4.78, 5) is 2.41. The second kappa shape index (κ2) is 6.71. The maximum Gasteiger partial charge on any atom is 0.208 e. The minimum Gasteiger partial charge on any atom is -0.301 e. The third kappa shape index (κ3) is 5.84. The summed E-state index contributed by atoms with van der Waals surface area (Å²) in [6, 6.07) is 0.105. The van der Waals surface area contributed by atoms with Crippen LogP contribution in [0.5, 0.6) is 0 Å². The SMILES string of the molecule is CCC(CC)CN1CCCC(NS(C)(=O)=O)C1. The monoisotopic (exact) mass is 262 g/mol.